The van der Waals surface area contributed by atoms with Gasteiger partial charge in [0.15, 0.2) is 0 Å². The van der Waals surface area contributed by atoms with Crippen LogP contribution in [0.2, 0.25) is 5.02 Å². The molecule has 27 heavy (non-hydrogen) atoms. The summed E-state index contributed by atoms with van der Waals surface area (Å²) in [5.41, 5.74) is 1.83. The van der Waals surface area contributed by atoms with Crippen molar-refractivity contribution in [1.29, 1.82) is 0 Å². The normalized spacial score (nSPS) is 18.9. The molecule has 142 valence electrons. The summed E-state index contributed by atoms with van der Waals surface area (Å²) in [6, 6.07) is 9.01. The minimum Gasteiger partial charge on any atom is -0.491 e. The number of halogens is 1. The van der Waals surface area contributed by atoms with Crippen molar-refractivity contribution in [2.45, 2.75) is 12.6 Å². The number of aromatic nitrogens is 1. The summed E-state index contributed by atoms with van der Waals surface area (Å²) in [4.78, 5) is 21.8. The first-order valence-electron chi connectivity index (χ1n) is 9.14. The Kier molecular flexibility index (Phi) is 5.57. The second kappa shape index (κ2) is 8.25. The van der Waals surface area contributed by atoms with Gasteiger partial charge in [0, 0.05) is 42.6 Å². The highest BCUT2D eigenvalue weighted by atomic mass is 35.5. The number of amides is 1. The second-order valence-corrected chi connectivity index (χ2v) is 7.13. The average Bonchev–Trinajstić information content (AvgIpc) is 2.92. The maximum absolute atomic E-state index is 13.6. The number of carbonyl (C=O) groups excluding carboxylic acids is 1. The fraction of sp³-hybridized carbons (Fsp3) is 0.400. The van der Waals surface area contributed by atoms with E-state index >= 15 is 0 Å². The van der Waals surface area contributed by atoms with Crippen molar-refractivity contribution in [3.8, 4) is 5.75 Å². The topological polar surface area (TPSA) is 54.9 Å². The van der Waals surface area contributed by atoms with Crippen molar-refractivity contribution in [3.05, 3.63) is 58.9 Å². The Bertz CT molecular complexity index is 796. The van der Waals surface area contributed by atoms with E-state index in [9.17, 15) is 4.79 Å². The molecule has 1 saturated heterocycles. The van der Waals surface area contributed by atoms with Crippen LogP contribution in [0.4, 0.5) is 0 Å². The number of pyridine rings is 1. The molecule has 0 bridgehead atoms. The van der Waals surface area contributed by atoms with Crippen LogP contribution < -0.4 is 4.74 Å². The number of rotatable bonds is 3. The highest BCUT2D eigenvalue weighted by Crippen LogP contribution is 2.29. The van der Waals surface area contributed by atoms with Gasteiger partial charge in [0.2, 0.25) is 5.91 Å². The van der Waals surface area contributed by atoms with Crippen molar-refractivity contribution in [2.75, 3.05) is 39.5 Å². The first-order valence-corrected chi connectivity index (χ1v) is 9.52. The molecule has 2 aliphatic heterocycles. The molecule has 0 radical (unpaired) electrons. The van der Waals surface area contributed by atoms with E-state index in [1.165, 1.54) is 0 Å². The van der Waals surface area contributed by atoms with Crippen LogP contribution in [0.1, 0.15) is 17.2 Å². The summed E-state index contributed by atoms with van der Waals surface area (Å²) in [5.74, 6) is 0.848. The summed E-state index contributed by atoms with van der Waals surface area (Å²) in [7, 11) is 0. The summed E-state index contributed by atoms with van der Waals surface area (Å²) in [6.07, 6.45) is 3.50. The SMILES string of the molecule is O=C(C(c1cccnc1)N1CCOCC1)N1CCOc2ccc(Cl)cc2C1. The van der Waals surface area contributed by atoms with Gasteiger partial charge in [-0.1, -0.05) is 17.7 Å². The fourth-order valence-corrected chi connectivity index (χ4v) is 3.80. The van der Waals surface area contributed by atoms with Crippen LogP contribution in [-0.2, 0) is 16.1 Å². The molecule has 1 aromatic heterocycles. The first-order chi connectivity index (χ1) is 13.2. The van der Waals surface area contributed by atoms with Gasteiger partial charge in [-0.2, -0.15) is 0 Å². The molecule has 3 heterocycles. The van der Waals surface area contributed by atoms with Crippen LogP contribution in [0.25, 0.3) is 0 Å². The largest absolute Gasteiger partial charge is 0.491 e. The van der Waals surface area contributed by atoms with E-state index in [0.29, 0.717) is 37.9 Å². The zero-order valence-electron chi connectivity index (χ0n) is 15.0. The van der Waals surface area contributed by atoms with Crippen LogP contribution in [0.5, 0.6) is 5.75 Å². The molecular weight excluding hydrogens is 366 g/mol. The van der Waals surface area contributed by atoms with Gasteiger partial charge in [-0.25, -0.2) is 0 Å². The smallest absolute Gasteiger partial charge is 0.245 e. The molecule has 4 rings (SSSR count). The number of hydrogen-bond acceptors (Lipinski definition) is 5. The second-order valence-electron chi connectivity index (χ2n) is 6.70. The van der Waals surface area contributed by atoms with Crippen molar-refractivity contribution < 1.29 is 14.3 Å². The van der Waals surface area contributed by atoms with Crippen LogP contribution in [0.3, 0.4) is 0 Å². The Morgan fingerprint density at radius 1 is 1.15 bits per heavy atom. The molecule has 1 unspecified atom stereocenters. The van der Waals surface area contributed by atoms with Gasteiger partial charge < -0.3 is 14.4 Å². The number of benzene rings is 1. The van der Waals surface area contributed by atoms with Crippen molar-refractivity contribution >= 4 is 17.5 Å². The van der Waals surface area contributed by atoms with Crippen LogP contribution in [0.15, 0.2) is 42.7 Å². The summed E-state index contributed by atoms with van der Waals surface area (Å²) in [5, 5.41) is 0.642. The molecule has 1 aromatic carbocycles. The molecule has 0 saturated carbocycles. The molecule has 1 amide bonds. The predicted molar refractivity (Wildman–Crippen MR) is 102 cm³/mol. The Hall–Kier alpha value is -2.15. The molecule has 1 atom stereocenters. The number of nitrogens with zero attached hydrogens (tertiary/aromatic N) is 3. The Morgan fingerprint density at radius 2 is 2.00 bits per heavy atom. The standard InChI is InChI=1S/C20H22ClN3O3/c21-17-3-4-18-16(12-17)14-24(8-11-27-18)20(25)19(15-2-1-5-22-13-15)23-6-9-26-10-7-23/h1-5,12-13,19H,6-11,14H2. The summed E-state index contributed by atoms with van der Waals surface area (Å²) in [6.45, 7) is 4.18. The highest BCUT2D eigenvalue weighted by molar-refractivity contribution is 6.30. The highest BCUT2D eigenvalue weighted by Gasteiger charge is 2.33. The lowest BCUT2D eigenvalue weighted by molar-refractivity contribution is -0.140. The van der Waals surface area contributed by atoms with Gasteiger partial charge in [-0.05, 0) is 29.8 Å². The Labute approximate surface area is 163 Å². The van der Waals surface area contributed by atoms with Crippen molar-refractivity contribution in [3.63, 3.8) is 0 Å². The molecule has 0 N–H and O–H groups in total. The monoisotopic (exact) mass is 387 g/mol. The summed E-state index contributed by atoms with van der Waals surface area (Å²) < 4.78 is 11.3. The quantitative estimate of drug-likeness (QED) is 0.810. The van der Waals surface area contributed by atoms with Gasteiger partial charge in [0.1, 0.15) is 18.4 Å². The maximum atomic E-state index is 13.6. The lowest BCUT2D eigenvalue weighted by Crippen LogP contribution is -2.47. The summed E-state index contributed by atoms with van der Waals surface area (Å²) >= 11 is 6.15. The zero-order chi connectivity index (χ0) is 18.6. The molecule has 1 fully saturated rings. The van der Waals surface area contributed by atoms with E-state index in [0.717, 1.165) is 30.0 Å². The van der Waals surface area contributed by atoms with Crippen LogP contribution in [-0.4, -0.2) is 60.1 Å². The van der Waals surface area contributed by atoms with E-state index < -0.39 is 0 Å². The van der Waals surface area contributed by atoms with E-state index in [-0.39, 0.29) is 11.9 Å². The molecule has 7 heteroatoms. The lowest BCUT2D eigenvalue weighted by atomic mass is 10.0. The molecule has 2 aromatic rings. The maximum Gasteiger partial charge on any atom is 0.245 e. The third-order valence-electron chi connectivity index (χ3n) is 4.96. The van der Waals surface area contributed by atoms with Crippen LogP contribution in [0, 0.1) is 0 Å². The van der Waals surface area contributed by atoms with Gasteiger partial charge in [-0.15, -0.1) is 0 Å². The average molecular weight is 388 g/mol. The Morgan fingerprint density at radius 3 is 2.78 bits per heavy atom. The molecule has 0 spiro atoms. The van der Waals surface area contributed by atoms with E-state index in [4.69, 9.17) is 21.1 Å². The molecule has 6 nitrogen and oxygen atoms in total. The number of hydrogen-bond donors (Lipinski definition) is 0. The van der Waals surface area contributed by atoms with Gasteiger partial charge in [-0.3, -0.25) is 14.7 Å². The van der Waals surface area contributed by atoms with E-state index in [1.807, 2.05) is 35.2 Å². The van der Waals surface area contributed by atoms with Crippen molar-refractivity contribution in [1.82, 2.24) is 14.8 Å². The molecular formula is C20H22ClN3O3. The van der Waals surface area contributed by atoms with Crippen molar-refractivity contribution in [2.24, 2.45) is 0 Å². The van der Waals surface area contributed by atoms with Gasteiger partial charge in [0.25, 0.3) is 0 Å². The minimum absolute atomic E-state index is 0.0568. The lowest BCUT2D eigenvalue weighted by Gasteiger charge is -2.36. The number of carbonyl (C=O) groups is 1. The third kappa shape index (κ3) is 4.08. The van der Waals surface area contributed by atoms with E-state index in [1.54, 1.807) is 12.4 Å². The number of ether oxygens (including phenoxy) is 2. The third-order valence-corrected chi connectivity index (χ3v) is 5.19. The molecule has 2 aliphatic rings. The number of morpholine rings is 1. The zero-order valence-corrected chi connectivity index (χ0v) is 15.8. The minimum atomic E-state index is -0.372. The van der Waals surface area contributed by atoms with Crippen LogP contribution >= 0.6 is 11.6 Å². The van der Waals surface area contributed by atoms with E-state index in [2.05, 4.69) is 9.88 Å². The fourth-order valence-electron chi connectivity index (χ4n) is 3.61. The Balaban J connectivity index is 1.62. The number of fused-ring (bicyclic) bond motifs is 1. The van der Waals surface area contributed by atoms with Gasteiger partial charge >= 0.3 is 0 Å². The van der Waals surface area contributed by atoms with Gasteiger partial charge in [0.05, 0.1) is 19.8 Å². The first kappa shape index (κ1) is 18.2. The molecule has 0 aliphatic carbocycles. The predicted octanol–water partition coefficient (Wildman–Crippen LogP) is 2.53.